The molecule has 0 saturated heterocycles. The first-order chi connectivity index (χ1) is 9.19. The molecule has 1 N–H and O–H groups in total. The molecule has 0 saturated carbocycles. The second-order valence-electron chi connectivity index (χ2n) is 4.74. The SMILES string of the molecule is CCOc1cccc(NC(C)c2cccc(C)c2)c1. The Balaban J connectivity index is 2.10. The zero-order valence-electron chi connectivity index (χ0n) is 11.8. The summed E-state index contributed by atoms with van der Waals surface area (Å²) in [7, 11) is 0. The summed E-state index contributed by atoms with van der Waals surface area (Å²) in [5, 5.41) is 3.50. The Morgan fingerprint density at radius 3 is 2.63 bits per heavy atom. The Morgan fingerprint density at radius 2 is 1.89 bits per heavy atom. The lowest BCUT2D eigenvalue weighted by Gasteiger charge is -2.17. The molecule has 1 atom stereocenters. The third kappa shape index (κ3) is 3.75. The number of aryl methyl sites for hydroxylation is 1. The highest BCUT2D eigenvalue weighted by molar-refractivity contribution is 5.49. The number of benzene rings is 2. The second kappa shape index (κ2) is 6.28. The lowest BCUT2D eigenvalue weighted by atomic mass is 10.1. The van der Waals surface area contributed by atoms with Crippen LogP contribution in [0.3, 0.4) is 0 Å². The van der Waals surface area contributed by atoms with E-state index in [1.54, 1.807) is 0 Å². The van der Waals surface area contributed by atoms with Crippen molar-refractivity contribution in [2.24, 2.45) is 0 Å². The van der Waals surface area contributed by atoms with Crippen LogP contribution in [0.25, 0.3) is 0 Å². The van der Waals surface area contributed by atoms with Gasteiger partial charge in [0.2, 0.25) is 0 Å². The van der Waals surface area contributed by atoms with Crippen molar-refractivity contribution >= 4 is 5.69 Å². The van der Waals surface area contributed by atoms with Gasteiger partial charge in [-0.1, -0.05) is 35.9 Å². The van der Waals surface area contributed by atoms with Crippen LogP contribution in [0.1, 0.15) is 31.0 Å². The molecule has 19 heavy (non-hydrogen) atoms. The normalized spacial score (nSPS) is 11.9. The molecule has 2 aromatic carbocycles. The van der Waals surface area contributed by atoms with Crippen LogP contribution in [0.4, 0.5) is 5.69 Å². The molecule has 0 radical (unpaired) electrons. The molecule has 1 unspecified atom stereocenters. The van der Waals surface area contributed by atoms with Crippen molar-refractivity contribution in [1.29, 1.82) is 0 Å². The molecule has 2 heteroatoms. The Kier molecular flexibility index (Phi) is 4.45. The maximum absolute atomic E-state index is 5.51. The van der Waals surface area contributed by atoms with Crippen LogP contribution in [0, 0.1) is 6.92 Å². The van der Waals surface area contributed by atoms with Gasteiger partial charge in [0.15, 0.2) is 0 Å². The molecule has 0 bridgehead atoms. The van der Waals surface area contributed by atoms with Crippen LogP contribution < -0.4 is 10.1 Å². The number of ether oxygens (including phenoxy) is 1. The number of anilines is 1. The van der Waals surface area contributed by atoms with Gasteiger partial charge in [-0.15, -0.1) is 0 Å². The van der Waals surface area contributed by atoms with Crippen LogP contribution in [0.2, 0.25) is 0 Å². The highest BCUT2D eigenvalue weighted by Crippen LogP contribution is 2.23. The minimum atomic E-state index is 0.275. The van der Waals surface area contributed by atoms with Crippen molar-refractivity contribution < 1.29 is 4.74 Å². The molecule has 0 heterocycles. The molecule has 0 aromatic heterocycles. The first kappa shape index (κ1) is 13.5. The van der Waals surface area contributed by atoms with E-state index in [1.807, 2.05) is 25.1 Å². The predicted molar refractivity (Wildman–Crippen MR) is 80.8 cm³/mol. The van der Waals surface area contributed by atoms with E-state index >= 15 is 0 Å². The molecule has 0 amide bonds. The molecule has 0 fully saturated rings. The van der Waals surface area contributed by atoms with Gasteiger partial charge in [0, 0.05) is 17.8 Å². The lowest BCUT2D eigenvalue weighted by Crippen LogP contribution is -2.06. The van der Waals surface area contributed by atoms with Crippen molar-refractivity contribution in [3.8, 4) is 5.75 Å². The van der Waals surface area contributed by atoms with Gasteiger partial charge in [-0.3, -0.25) is 0 Å². The Labute approximate surface area is 115 Å². The molecule has 0 aliphatic rings. The maximum Gasteiger partial charge on any atom is 0.121 e. The summed E-state index contributed by atoms with van der Waals surface area (Å²) in [6.45, 7) is 6.97. The smallest absolute Gasteiger partial charge is 0.121 e. The molecular formula is C17H21NO. The third-order valence-corrected chi connectivity index (χ3v) is 3.07. The molecule has 2 aromatic rings. The third-order valence-electron chi connectivity index (χ3n) is 3.07. The fourth-order valence-electron chi connectivity index (χ4n) is 2.12. The van der Waals surface area contributed by atoms with Crippen molar-refractivity contribution in [3.63, 3.8) is 0 Å². The largest absolute Gasteiger partial charge is 0.494 e. The molecule has 0 spiro atoms. The van der Waals surface area contributed by atoms with E-state index in [1.165, 1.54) is 11.1 Å². The average Bonchev–Trinajstić information content (AvgIpc) is 2.39. The minimum absolute atomic E-state index is 0.275. The standard InChI is InChI=1S/C17H21NO/c1-4-19-17-10-6-9-16(12-17)18-14(3)15-8-5-7-13(2)11-15/h5-12,14,18H,4H2,1-3H3. The van der Waals surface area contributed by atoms with E-state index in [9.17, 15) is 0 Å². The number of hydrogen-bond acceptors (Lipinski definition) is 2. The average molecular weight is 255 g/mol. The fourth-order valence-corrected chi connectivity index (χ4v) is 2.12. The zero-order valence-corrected chi connectivity index (χ0v) is 11.8. The number of rotatable bonds is 5. The van der Waals surface area contributed by atoms with E-state index in [2.05, 4.69) is 49.5 Å². The van der Waals surface area contributed by atoms with Crippen molar-refractivity contribution in [3.05, 3.63) is 59.7 Å². The van der Waals surface area contributed by atoms with Gasteiger partial charge in [-0.05, 0) is 38.5 Å². The molecular weight excluding hydrogens is 234 g/mol. The maximum atomic E-state index is 5.51. The molecule has 2 nitrogen and oxygen atoms in total. The van der Waals surface area contributed by atoms with Crippen molar-refractivity contribution in [1.82, 2.24) is 0 Å². The molecule has 0 aliphatic carbocycles. The summed E-state index contributed by atoms with van der Waals surface area (Å²) in [5.74, 6) is 0.906. The number of nitrogens with one attached hydrogen (secondary N) is 1. The molecule has 2 rings (SSSR count). The van der Waals surface area contributed by atoms with E-state index in [4.69, 9.17) is 4.74 Å². The summed E-state index contributed by atoms with van der Waals surface area (Å²) < 4.78 is 5.51. The van der Waals surface area contributed by atoms with Crippen LogP contribution in [0.5, 0.6) is 5.75 Å². The van der Waals surface area contributed by atoms with Gasteiger partial charge in [0.1, 0.15) is 5.75 Å². The summed E-state index contributed by atoms with van der Waals surface area (Å²) in [6, 6.07) is 16.9. The molecule has 100 valence electrons. The lowest BCUT2D eigenvalue weighted by molar-refractivity contribution is 0.340. The van der Waals surface area contributed by atoms with Gasteiger partial charge in [-0.25, -0.2) is 0 Å². The van der Waals surface area contributed by atoms with E-state index in [0.29, 0.717) is 6.61 Å². The predicted octanol–water partition coefficient (Wildman–Crippen LogP) is 4.57. The number of hydrogen-bond donors (Lipinski definition) is 1. The monoisotopic (exact) mass is 255 g/mol. The van der Waals surface area contributed by atoms with Gasteiger partial charge < -0.3 is 10.1 Å². The van der Waals surface area contributed by atoms with E-state index < -0.39 is 0 Å². The second-order valence-corrected chi connectivity index (χ2v) is 4.74. The highest BCUT2D eigenvalue weighted by Gasteiger charge is 2.05. The van der Waals surface area contributed by atoms with Gasteiger partial charge >= 0.3 is 0 Å². The fraction of sp³-hybridized carbons (Fsp3) is 0.294. The Morgan fingerprint density at radius 1 is 1.11 bits per heavy atom. The van der Waals surface area contributed by atoms with Crippen molar-refractivity contribution in [2.75, 3.05) is 11.9 Å². The highest BCUT2D eigenvalue weighted by atomic mass is 16.5. The minimum Gasteiger partial charge on any atom is -0.494 e. The van der Waals surface area contributed by atoms with Crippen LogP contribution in [-0.4, -0.2) is 6.61 Å². The Hall–Kier alpha value is -1.96. The summed E-state index contributed by atoms with van der Waals surface area (Å²) in [5.41, 5.74) is 3.66. The topological polar surface area (TPSA) is 21.3 Å². The van der Waals surface area contributed by atoms with Gasteiger partial charge in [0.25, 0.3) is 0 Å². The van der Waals surface area contributed by atoms with Crippen molar-refractivity contribution in [2.45, 2.75) is 26.8 Å². The first-order valence-electron chi connectivity index (χ1n) is 6.75. The summed E-state index contributed by atoms with van der Waals surface area (Å²) >= 11 is 0. The van der Waals surface area contributed by atoms with Gasteiger partial charge in [-0.2, -0.15) is 0 Å². The Bertz CT molecular complexity index is 536. The zero-order chi connectivity index (χ0) is 13.7. The van der Waals surface area contributed by atoms with Gasteiger partial charge in [0.05, 0.1) is 6.61 Å². The van der Waals surface area contributed by atoms with E-state index in [0.717, 1.165) is 11.4 Å². The van der Waals surface area contributed by atoms with Crippen LogP contribution >= 0.6 is 0 Å². The summed E-state index contributed by atoms with van der Waals surface area (Å²) in [4.78, 5) is 0. The quantitative estimate of drug-likeness (QED) is 0.845. The van der Waals surface area contributed by atoms with Crippen LogP contribution in [0.15, 0.2) is 48.5 Å². The molecule has 0 aliphatic heterocycles. The first-order valence-corrected chi connectivity index (χ1v) is 6.75. The summed E-state index contributed by atoms with van der Waals surface area (Å²) in [6.07, 6.45) is 0. The van der Waals surface area contributed by atoms with Crippen LogP contribution in [-0.2, 0) is 0 Å². The van der Waals surface area contributed by atoms with E-state index in [-0.39, 0.29) is 6.04 Å².